The number of piperidine rings is 1. The first kappa shape index (κ1) is 20.0. The second kappa shape index (κ2) is 8.95. The number of rotatable bonds is 5. The number of para-hydroxylation sites is 2. The number of carbonyl (C=O) groups excluding carboxylic acids is 3. The maximum absolute atomic E-state index is 12.7. The number of likely N-dealkylation sites (tertiary alicyclic amines) is 1. The number of hydrogen-bond acceptors (Lipinski definition) is 5. The van der Waals surface area contributed by atoms with Crippen molar-refractivity contribution in [3.63, 3.8) is 0 Å². The van der Waals surface area contributed by atoms with E-state index >= 15 is 0 Å². The van der Waals surface area contributed by atoms with Crippen LogP contribution in [0.25, 0.3) is 0 Å². The third kappa shape index (κ3) is 4.37. The Kier molecular flexibility index (Phi) is 6.38. The lowest BCUT2D eigenvalue weighted by atomic mass is 10.1. The molecule has 1 N–H and O–H groups in total. The fourth-order valence-corrected chi connectivity index (χ4v) is 3.54. The van der Waals surface area contributed by atoms with Gasteiger partial charge in [-0.15, -0.1) is 0 Å². The number of benzene rings is 1. The zero-order valence-electron chi connectivity index (χ0n) is 16.3. The summed E-state index contributed by atoms with van der Waals surface area (Å²) >= 11 is 0. The SMILES string of the molecule is CCOC(=O)N1CCC(NC(=O)CN2C(=O)C(CC)Oc3ccccc32)CC1. The van der Waals surface area contributed by atoms with Crippen LogP contribution in [0.4, 0.5) is 10.5 Å². The summed E-state index contributed by atoms with van der Waals surface area (Å²) in [6.07, 6.45) is 0.979. The van der Waals surface area contributed by atoms with Crippen LogP contribution >= 0.6 is 0 Å². The van der Waals surface area contributed by atoms with E-state index < -0.39 is 6.10 Å². The summed E-state index contributed by atoms with van der Waals surface area (Å²) in [5, 5.41) is 2.99. The molecule has 1 fully saturated rings. The molecule has 1 saturated heterocycles. The second-order valence-corrected chi connectivity index (χ2v) is 6.93. The lowest BCUT2D eigenvalue weighted by Gasteiger charge is -2.35. The van der Waals surface area contributed by atoms with Crippen molar-refractivity contribution in [1.29, 1.82) is 0 Å². The van der Waals surface area contributed by atoms with Crippen molar-refractivity contribution in [2.75, 3.05) is 31.1 Å². The summed E-state index contributed by atoms with van der Waals surface area (Å²) in [4.78, 5) is 40.2. The summed E-state index contributed by atoms with van der Waals surface area (Å²) in [6.45, 7) is 5.05. The van der Waals surface area contributed by atoms with Gasteiger partial charge in [0.05, 0.1) is 12.3 Å². The molecule has 2 aliphatic rings. The molecule has 3 amide bonds. The molecule has 28 heavy (non-hydrogen) atoms. The number of nitrogens with one attached hydrogen (secondary N) is 1. The Hall–Kier alpha value is -2.77. The van der Waals surface area contributed by atoms with Crippen LogP contribution in [-0.4, -0.2) is 61.2 Å². The van der Waals surface area contributed by atoms with Crippen molar-refractivity contribution in [1.82, 2.24) is 10.2 Å². The van der Waals surface area contributed by atoms with E-state index in [9.17, 15) is 14.4 Å². The Morgan fingerprint density at radius 3 is 2.61 bits per heavy atom. The molecule has 8 nitrogen and oxygen atoms in total. The van der Waals surface area contributed by atoms with E-state index in [0.29, 0.717) is 50.4 Å². The second-order valence-electron chi connectivity index (χ2n) is 6.93. The molecule has 1 aromatic rings. The zero-order valence-corrected chi connectivity index (χ0v) is 16.3. The van der Waals surface area contributed by atoms with Gasteiger partial charge in [-0.05, 0) is 38.3 Å². The van der Waals surface area contributed by atoms with Gasteiger partial charge in [-0.1, -0.05) is 19.1 Å². The van der Waals surface area contributed by atoms with Crippen LogP contribution in [0.5, 0.6) is 5.75 Å². The fourth-order valence-electron chi connectivity index (χ4n) is 3.54. The summed E-state index contributed by atoms with van der Waals surface area (Å²) in [5.41, 5.74) is 0.615. The Morgan fingerprint density at radius 2 is 1.93 bits per heavy atom. The van der Waals surface area contributed by atoms with Crippen molar-refractivity contribution < 1.29 is 23.9 Å². The lowest BCUT2D eigenvalue weighted by molar-refractivity contribution is -0.129. The number of nitrogens with zero attached hydrogens (tertiary/aromatic N) is 2. The van der Waals surface area contributed by atoms with E-state index in [4.69, 9.17) is 9.47 Å². The van der Waals surface area contributed by atoms with Crippen LogP contribution in [-0.2, 0) is 14.3 Å². The largest absolute Gasteiger partial charge is 0.478 e. The van der Waals surface area contributed by atoms with Crippen molar-refractivity contribution in [2.24, 2.45) is 0 Å². The van der Waals surface area contributed by atoms with Gasteiger partial charge in [0.2, 0.25) is 5.91 Å². The standard InChI is InChI=1S/C20H27N3O5/c1-3-16-19(25)23(15-7-5-6-8-17(15)28-16)13-18(24)21-14-9-11-22(12-10-14)20(26)27-4-2/h5-8,14,16H,3-4,9-13H2,1-2H3,(H,21,24). The van der Waals surface area contributed by atoms with E-state index in [1.807, 2.05) is 19.1 Å². The van der Waals surface area contributed by atoms with Gasteiger partial charge < -0.3 is 19.7 Å². The summed E-state index contributed by atoms with van der Waals surface area (Å²) in [5.74, 6) is 0.201. The maximum Gasteiger partial charge on any atom is 0.409 e. The molecule has 1 aromatic carbocycles. The van der Waals surface area contributed by atoms with Crippen LogP contribution in [0.15, 0.2) is 24.3 Å². The summed E-state index contributed by atoms with van der Waals surface area (Å²) < 4.78 is 10.7. The Labute approximate surface area is 164 Å². The number of carbonyl (C=O) groups is 3. The van der Waals surface area contributed by atoms with Crippen LogP contribution in [0.3, 0.4) is 0 Å². The van der Waals surface area contributed by atoms with E-state index in [2.05, 4.69) is 5.32 Å². The summed E-state index contributed by atoms with van der Waals surface area (Å²) in [6, 6.07) is 7.23. The lowest BCUT2D eigenvalue weighted by Crippen LogP contribution is -2.52. The molecule has 0 aliphatic carbocycles. The quantitative estimate of drug-likeness (QED) is 0.831. The van der Waals surface area contributed by atoms with Crippen LogP contribution < -0.4 is 15.0 Å². The molecule has 0 bridgehead atoms. The molecule has 3 rings (SSSR count). The average Bonchev–Trinajstić information content (AvgIpc) is 2.70. The van der Waals surface area contributed by atoms with Gasteiger partial charge in [0.25, 0.3) is 5.91 Å². The van der Waals surface area contributed by atoms with E-state index in [-0.39, 0.29) is 30.5 Å². The number of amides is 3. The highest BCUT2D eigenvalue weighted by Crippen LogP contribution is 2.34. The Bertz CT molecular complexity index is 730. The van der Waals surface area contributed by atoms with Gasteiger partial charge in [-0.3, -0.25) is 14.5 Å². The highest BCUT2D eigenvalue weighted by molar-refractivity contribution is 6.03. The average molecular weight is 389 g/mol. The first-order valence-electron chi connectivity index (χ1n) is 9.81. The third-order valence-corrected chi connectivity index (χ3v) is 5.03. The number of hydrogen-bond donors (Lipinski definition) is 1. The molecule has 152 valence electrons. The topological polar surface area (TPSA) is 88.2 Å². The number of anilines is 1. The van der Waals surface area contributed by atoms with Crippen molar-refractivity contribution >= 4 is 23.6 Å². The predicted molar refractivity (Wildman–Crippen MR) is 103 cm³/mol. The normalized spacial score (nSPS) is 19.6. The monoisotopic (exact) mass is 389 g/mol. The molecular formula is C20H27N3O5. The van der Waals surface area contributed by atoms with Crippen molar-refractivity contribution in [3.8, 4) is 5.75 Å². The van der Waals surface area contributed by atoms with E-state index in [1.165, 1.54) is 4.90 Å². The fraction of sp³-hybridized carbons (Fsp3) is 0.550. The molecule has 1 atom stereocenters. The van der Waals surface area contributed by atoms with E-state index in [1.54, 1.807) is 24.0 Å². The Morgan fingerprint density at radius 1 is 1.21 bits per heavy atom. The molecule has 0 saturated carbocycles. The molecule has 2 heterocycles. The Balaban J connectivity index is 1.58. The molecule has 0 aromatic heterocycles. The highest BCUT2D eigenvalue weighted by Gasteiger charge is 2.34. The first-order chi connectivity index (χ1) is 13.5. The van der Waals surface area contributed by atoms with Crippen LogP contribution in [0, 0.1) is 0 Å². The first-order valence-corrected chi connectivity index (χ1v) is 9.81. The predicted octanol–water partition coefficient (Wildman–Crippen LogP) is 1.93. The van der Waals surface area contributed by atoms with Crippen LogP contribution in [0.1, 0.15) is 33.1 Å². The minimum Gasteiger partial charge on any atom is -0.478 e. The van der Waals surface area contributed by atoms with Gasteiger partial charge in [0.1, 0.15) is 12.3 Å². The third-order valence-electron chi connectivity index (χ3n) is 5.03. The zero-order chi connectivity index (χ0) is 20.1. The van der Waals surface area contributed by atoms with Crippen molar-refractivity contribution in [2.45, 2.75) is 45.3 Å². The van der Waals surface area contributed by atoms with Gasteiger partial charge in [0.15, 0.2) is 6.10 Å². The minimum absolute atomic E-state index is 0.0217. The summed E-state index contributed by atoms with van der Waals surface area (Å²) in [7, 11) is 0. The maximum atomic E-state index is 12.7. The molecule has 8 heteroatoms. The van der Waals surface area contributed by atoms with Gasteiger partial charge >= 0.3 is 6.09 Å². The number of fused-ring (bicyclic) bond motifs is 1. The van der Waals surface area contributed by atoms with Gasteiger partial charge in [0, 0.05) is 19.1 Å². The smallest absolute Gasteiger partial charge is 0.409 e. The molecule has 1 unspecified atom stereocenters. The highest BCUT2D eigenvalue weighted by atomic mass is 16.6. The van der Waals surface area contributed by atoms with E-state index in [0.717, 1.165) is 0 Å². The molecule has 2 aliphatic heterocycles. The van der Waals surface area contributed by atoms with Crippen LogP contribution in [0.2, 0.25) is 0 Å². The van der Waals surface area contributed by atoms with Crippen molar-refractivity contribution in [3.05, 3.63) is 24.3 Å². The number of ether oxygens (including phenoxy) is 2. The molecule has 0 spiro atoms. The minimum atomic E-state index is -0.574. The molecule has 0 radical (unpaired) electrons. The molecular weight excluding hydrogens is 362 g/mol. The van der Waals surface area contributed by atoms with Gasteiger partial charge in [-0.2, -0.15) is 0 Å². The van der Waals surface area contributed by atoms with Gasteiger partial charge in [-0.25, -0.2) is 4.79 Å².